The molecular weight excluding hydrogens is 344 g/mol. The van der Waals surface area contributed by atoms with Crippen molar-refractivity contribution in [2.75, 3.05) is 22.9 Å². The van der Waals surface area contributed by atoms with Crippen LogP contribution in [0.15, 0.2) is 73.3 Å². The molecule has 0 N–H and O–H groups in total. The van der Waals surface area contributed by atoms with Gasteiger partial charge in [0, 0.05) is 49.3 Å². The number of hydrogen-bond donors (Lipinski definition) is 0. The summed E-state index contributed by atoms with van der Waals surface area (Å²) in [5.41, 5.74) is 5.28. The second-order valence-electron chi connectivity index (χ2n) is 7.80. The Morgan fingerprint density at radius 1 is 0.679 bits per heavy atom. The molecule has 2 aliphatic heterocycles. The van der Waals surface area contributed by atoms with Crippen LogP contribution in [0.1, 0.15) is 48.9 Å². The van der Waals surface area contributed by atoms with Gasteiger partial charge in [0.15, 0.2) is 0 Å². The van der Waals surface area contributed by atoms with Crippen LogP contribution in [0.3, 0.4) is 0 Å². The maximum absolute atomic E-state index is 4.34. The van der Waals surface area contributed by atoms with Gasteiger partial charge >= 0.3 is 0 Å². The van der Waals surface area contributed by atoms with E-state index in [-0.39, 0.29) is 0 Å². The molecule has 2 fully saturated rings. The molecule has 28 heavy (non-hydrogen) atoms. The third-order valence-corrected chi connectivity index (χ3v) is 6.14. The van der Waals surface area contributed by atoms with Crippen LogP contribution in [0.4, 0.5) is 11.4 Å². The summed E-state index contributed by atoms with van der Waals surface area (Å²) >= 11 is 0. The van der Waals surface area contributed by atoms with E-state index in [1.54, 1.807) is 0 Å². The molecule has 2 aromatic heterocycles. The molecule has 2 aliphatic rings. The Balaban J connectivity index is 1.43. The van der Waals surface area contributed by atoms with Crippen LogP contribution in [0.5, 0.6) is 0 Å². The van der Waals surface area contributed by atoms with Crippen molar-refractivity contribution in [1.82, 2.24) is 9.97 Å². The van der Waals surface area contributed by atoms with E-state index in [4.69, 9.17) is 0 Å². The maximum Gasteiger partial charge on any atom is 0.0558 e. The fourth-order valence-electron chi connectivity index (χ4n) is 4.84. The molecule has 5 rings (SSSR count). The summed E-state index contributed by atoms with van der Waals surface area (Å²) in [5.74, 6) is 0. The van der Waals surface area contributed by atoms with Crippen molar-refractivity contribution in [2.45, 2.75) is 37.8 Å². The van der Waals surface area contributed by atoms with Crippen molar-refractivity contribution in [3.63, 3.8) is 0 Å². The second-order valence-corrected chi connectivity index (χ2v) is 7.80. The van der Waals surface area contributed by atoms with Gasteiger partial charge in [-0.25, -0.2) is 0 Å². The number of benzene rings is 1. The Kier molecular flexibility index (Phi) is 4.69. The first kappa shape index (κ1) is 17.2. The second kappa shape index (κ2) is 7.63. The Morgan fingerprint density at radius 2 is 1.21 bits per heavy atom. The summed E-state index contributed by atoms with van der Waals surface area (Å²) < 4.78 is 0. The first-order valence-corrected chi connectivity index (χ1v) is 10.3. The predicted octanol–water partition coefficient (Wildman–Crippen LogP) is 5.16. The van der Waals surface area contributed by atoms with Crippen molar-refractivity contribution in [1.29, 1.82) is 0 Å². The Bertz CT molecular complexity index is 839. The molecule has 4 heteroatoms. The van der Waals surface area contributed by atoms with Gasteiger partial charge in [-0.15, -0.1) is 0 Å². The predicted molar refractivity (Wildman–Crippen MR) is 114 cm³/mol. The summed E-state index contributed by atoms with van der Waals surface area (Å²) in [6.07, 6.45) is 12.6. The number of rotatable bonds is 4. The average Bonchev–Trinajstić information content (AvgIpc) is 3.45. The van der Waals surface area contributed by atoms with E-state index in [9.17, 15) is 0 Å². The van der Waals surface area contributed by atoms with Crippen LogP contribution in [0.2, 0.25) is 0 Å². The molecule has 2 saturated heterocycles. The average molecular weight is 370 g/mol. The molecule has 2 atom stereocenters. The van der Waals surface area contributed by atoms with E-state index in [2.05, 4.69) is 56.2 Å². The quantitative estimate of drug-likeness (QED) is 0.635. The van der Waals surface area contributed by atoms with Gasteiger partial charge < -0.3 is 9.80 Å². The summed E-state index contributed by atoms with van der Waals surface area (Å²) in [6.45, 7) is 2.21. The molecule has 0 saturated carbocycles. The van der Waals surface area contributed by atoms with Crippen molar-refractivity contribution in [2.24, 2.45) is 0 Å². The molecule has 1 aromatic carbocycles. The van der Waals surface area contributed by atoms with Crippen molar-refractivity contribution < 1.29 is 0 Å². The first-order valence-electron chi connectivity index (χ1n) is 10.3. The van der Waals surface area contributed by atoms with Gasteiger partial charge in [0.2, 0.25) is 0 Å². The molecule has 2 unspecified atom stereocenters. The topological polar surface area (TPSA) is 32.3 Å². The van der Waals surface area contributed by atoms with E-state index in [1.807, 2.05) is 36.9 Å². The summed E-state index contributed by atoms with van der Waals surface area (Å²) in [5, 5.41) is 0. The van der Waals surface area contributed by atoms with Crippen molar-refractivity contribution in [3.05, 3.63) is 84.4 Å². The van der Waals surface area contributed by atoms with Gasteiger partial charge in [0.1, 0.15) is 0 Å². The van der Waals surface area contributed by atoms with Gasteiger partial charge in [-0.2, -0.15) is 0 Å². The Hall–Kier alpha value is -2.88. The highest BCUT2D eigenvalue weighted by molar-refractivity contribution is 5.62. The molecule has 0 bridgehead atoms. The van der Waals surface area contributed by atoms with Gasteiger partial charge in [-0.05, 0) is 67.1 Å². The minimum atomic E-state index is 0.427. The third kappa shape index (κ3) is 3.24. The van der Waals surface area contributed by atoms with Gasteiger partial charge in [0.05, 0.1) is 12.1 Å². The van der Waals surface area contributed by atoms with Crippen LogP contribution in [0.25, 0.3) is 0 Å². The lowest BCUT2D eigenvalue weighted by atomic mass is 10.1. The lowest BCUT2D eigenvalue weighted by Gasteiger charge is -2.31. The van der Waals surface area contributed by atoms with E-state index in [1.165, 1.54) is 48.2 Å². The molecule has 4 nitrogen and oxygen atoms in total. The zero-order chi connectivity index (χ0) is 18.8. The summed E-state index contributed by atoms with van der Waals surface area (Å²) in [7, 11) is 0. The largest absolute Gasteiger partial charge is 0.364 e. The van der Waals surface area contributed by atoms with Gasteiger partial charge in [-0.1, -0.05) is 18.2 Å². The van der Waals surface area contributed by atoms with Crippen LogP contribution in [0, 0.1) is 0 Å². The minimum absolute atomic E-state index is 0.427. The van der Waals surface area contributed by atoms with E-state index < -0.39 is 0 Å². The summed E-state index contributed by atoms with van der Waals surface area (Å²) in [4.78, 5) is 13.8. The zero-order valence-corrected chi connectivity index (χ0v) is 16.1. The molecule has 0 spiro atoms. The van der Waals surface area contributed by atoms with Crippen molar-refractivity contribution >= 4 is 11.4 Å². The van der Waals surface area contributed by atoms with E-state index in [0.29, 0.717) is 12.1 Å². The van der Waals surface area contributed by atoms with Crippen LogP contribution in [-0.4, -0.2) is 23.1 Å². The minimum Gasteiger partial charge on any atom is -0.364 e. The fourth-order valence-corrected chi connectivity index (χ4v) is 4.84. The number of anilines is 2. The Morgan fingerprint density at radius 3 is 1.68 bits per heavy atom. The number of nitrogens with zero attached hydrogens (tertiary/aromatic N) is 4. The first-order chi connectivity index (χ1) is 13.9. The molecular formula is C24H26N4. The van der Waals surface area contributed by atoms with Crippen LogP contribution in [-0.2, 0) is 0 Å². The smallest absolute Gasteiger partial charge is 0.0558 e. The molecule has 0 amide bonds. The van der Waals surface area contributed by atoms with Crippen molar-refractivity contribution in [3.8, 4) is 0 Å². The van der Waals surface area contributed by atoms with Crippen LogP contribution < -0.4 is 9.80 Å². The third-order valence-electron chi connectivity index (χ3n) is 6.14. The standard InChI is InChI=1S/C24H26N4/c1-8-21(27-14-4-10-23(27)19-6-2-12-25-17-19)16-22(9-1)28-15-5-11-24(28)20-7-3-13-26-18-20/h1-3,6-9,12-13,16-18,23-24H,4-5,10-11,14-15H2. The highest BCUT2D eigenvalue weighted by Crippen LogP contribution is 2.40. The van der Waals surface area contributed by atoms with E-state index >= 15 is 0 Å². The number of aromatic nitrogens is 2. The number of hydrogen-bond acceptors (Lipinski definition) is 4. The monoisotopic (exact) mass is 370 g/mol. The lowest BCUT2D eigenvalue weighted by Crippen LogP contribution is -2.25. The zero-order valence-electron chi connectivity index (χ0n) is 16.1. The molecule has 142 valence electrons. The van der Waals surface area contributed by atoms with Gasteiger partial charge in [-0.3, -0.25) is 9.97 Å². The highest BCUT2D eigenvalue weighted by atomic mass is 15.2. The Labute approximate surface area is 166 Å². The molecule has 3 aromatic rings. The molecule has 0 radical (unpaired) electrons. The van der Waals surface area contributed by atoms with E-state index in [0.717, 1.165) is 13.1 Å². The lowest BCUT2D eigenvalue weighted by molar-refractivity contribution is 0.709. The highest BCUT2D eigenvalue weighted by Gasteiger charge is 2.29. The normalized spacial score (nSPS) is 22.0. The maximum atomic E-state index is 4.34. The number of pyridine rings is 2. The van der Waals surface area contributed by atoms with Gasteiger partial charge in [0.25, 0.3) is 0 Å². The summed E-state index contributed by atoms with van der Waals surface area (Å²) in [6, 6.07) is 18.5. The molecule has 0 aliphatic carbocycles. The SMILES string of the molecule is c1cncc(C2CCCN2c2cccc(N3CCCC3c3cccnc3)c2)c1. The fraction of sp³-hybridized carbons (Fsp3) is 0.333. The van der Waals surface area contributed by atoms with Crippen LogP contribution >= 0.6 is 0 Å². The molecule has 4 heterocycles.